The van der Waals surface area contributed by atoms with Crippen LogP contribution in [0.15, 0.2) is 26.8 Å². The van der Waals surface area contributed by atoms with Crippen LogP contribution in [0.1, 0.15) is 5.76 Å². The highest BCUT2D eigenvalue weighted by Crippen LogP contribution is 2.29. The zero-order chi connectivity index (χ0) is 12.4. The number of nitrogens with zero attached hydrogens (tertiary/aromatic N) is 4. The van der Waals surface area contributed by atoms with Crippen molar-refractivity contribution in [3.63, 3.8) is 0 Å². The van der Waals surface area contributed by atoms with Gasteiger partial charge in [0.2, 0.25) is 11.9 Å². The molecule has 2 N–H and O–H groups in total. The maximum absolute atomic E-state index is 5.64. The van der Waals surface area contributed by atoms with Gasteiger partial charge in [-0.25, -0.2) is 0 Å². The lowest BCUT2D eigenvalue weighted by atomic mass is 10.5. The minimum atomic E-state index is 0.215. The minimum Gasteiger partial charge on any atom is -0.468 e. The zero-order valence-corrected chi connectivity index (χ0v) is 10.7. The van der Waals surface area contributed by atoms with Gasteiger partial charge in [-0.15, -0.1) is 0 Å². The van der Waals surface area contributed by atoms with Crippen LogP contribution < -0.4 is 10.6 Å². The lowest BCUT2D eigenvalue weighted by Gasteiger charge is -2.10. The number of furan rings is 1. The summed E-state index contributed by atoms with van der Waals surface area (Å²) >= 11 is 1.40. The van der Waals surface area contributed by atoms with Gasteiger partial charge >= 0.3 is 0 Å². The van der Waals surface area contributed by atoms with Crippen molar-refractivity contribution in [3.05, 3.63) is 18.1 Å². The summed E-state index contributed by atoms with van der Waals surface area (Å²) in [5.41, 5.74) is 5.64. The second-order valence-electron chi connectivity index (χ2n) is 3.61. The molecule has 17 heavy (non-hydrogen) atoms. The molecule has 2 aromatic heterocycles. The number of rotatable bonds is 3. The predicted octanol–water partition coefficient (Wildman–Crippen LogP) is 1.57. The molecular weight excluding hydrogens is 238 g/mol. The van der Waals surface area contributed by atoms with Crippen LogP contribution in [0.5, 0.6) is 0 Å². The molecule has 6 nitrogen and oxygen atoms in total. The van der Waals surface area contributed by atoms with Crippen molar-refractivity contribution in [1.29, 1.82) is 0 Å². The first-order valence-corrected chi connectivity index (χ1v) is 5.78. The largest absolute Gasteiger partial charge is 0.468 e. The van der Waals surface area contributed by atoms with Gasteiger partial charge in [0.15, 0.2) is 5.16 Å². The van der Waals surface area contributed by atoms with Gasteiger partial charge in [0.05, 0.1) is 11.2 Å². The van der Waals surface area contributed by atoms with Gasteiger partial charge in [-0.05, 0) is 24.8 Å². The summed E-state index contributed by atoms with van der Waals surface area (Å²) in [6, 6.07) is 1.87. The highest BCUT2D eigenvalue weighted by Gasteiger charge is 2.10. The number of nitrogen functional groups attached to an aromatic ring is 1. The fourth-order valence-corrected chi connectivity index (χ4v) is 1.96. The molecule has 0 unspecified atom stereocenters. The maximum Gasteiger partial charge on any atom is 0.230 e. The summed E-state index contributed by atoms with van der Waals surface area (Å²) in [5, 5.41) is 0.561. The Hall–Kier alpha value is -1.76. The Morgan fingerprint density at radius 3 is 2.65 bits per heavy atom. The van der Waals surface area contributed by atoms with Crippen LogP contribution in [0.4, 0.5) is 11.9 Å². The molecule has 0 radical (unpaired) electrons. The van der Waals surface area contributed by atoms with Crippen LogP contribution in [-0.4, -0.2) is 29.0 Å². The summed E-state index contributed by atoms with van der Waals surface area (Å²) in [5.74, 6) is 1.59. The van der Waals surface area contributed by atoms with Crippen LogP contribution in [0.2, 0.25) is 0 Å². The quantitative estimate of drug-likeness (QED) is 0.886. The second-order valence-corrected chi connectivity index (χ2v) is 4.62. The Kier molecular flexibility index (Phi) is 3.19. The third-order valence-electron chi connectivity index (χ3n) is 2.03. The van der Waals surface area contributed by atoms with Crippen molar-refractivity contribution in [3.8, 4) is 0 Å². The molecule has 2 heterocycles. The Morgan fingerprint density at radius 2 is 2.06 bits per heavy atom. The van der Waals surface area contributed by atoms with Crippen LogP contribution in [0.3, 0.4) is 0 Å². The van der Waals surface area contributed by atoms with Gasteiger partial charge < -0.3 is 15.1 Å². The van der Waals surface area contributed by atoms with Crippen molar-refractivity contribution >= 4 is 23.7 Å². The first kappa shape index (κ1) is 11.7. The number of aromatic nitrogens is 3. The Balaban J connectivity index is 2.30. The normalized spacial score (nSPS) is 10.5. The van der Waals surface area contributed by atoms with Gasteiger partial charge in [-0.3, -0.25) is 0 Å². The van der Waals surface area contributed by atoms with Gasteiger partial charge in [0.1, 0.15) is 5.76 Å². The van der Waals surface area contributed by atoms with E-state index in [0.29, 0.717) is 11.1 Å². The highest BCUT2D eigenvalue weighted by molar-refractivity contribution is 7.99. The second kappa shape index (κ2) is 4.62. The van der Waals surface area contributed by atoms with E-state index in [9.17, 15) is 0 Å². The average molecular weight is 251 g/mol. The van der Waals surface area contributed by atoms with E-state index in [2.05, 4.69) is 15.0 Å². The van der Waals surface area contributed by atoms with Crippen molar-refractivity contribution in [2.45, 2.75) is 17.0 Å². The van der Waals surface area contributed by atoms with Crippen molar-refractivity contribution in [2.75, 3.05) is 24.7 Å². The Labute approximate surface area is 103 Å². The molecule has 0 bridgehead atoms. The molecule has 0 aliphatic heterocycles. The van der Waals surface area contributed by atoms with E-state index in [1.807, 2.05) is 27.1 Å². The first-order valence-electron chi connectivity index (χ1n) is 4.97. The van der Waals surface area contributed by atoms with Crippen LogP contribution in [-0.2, 0) is 0 Å². The molecule has 0 aromatic carbocycles. The summed E-state index contributed by atoms with van der Waals surface area (Å²) < 4.78 is 5.21. The van der Waals surface area contributed by atoms with E-state index in [0.717, 1.165) is 10.7 Å². The molecule has 0 atom stereocenters. The molecule has 2 aromatic rings. The Bertz CT molecular complexity index is 525. The zero-order valence-electron chi connectivity index (χ0n) is 9.84. The number of aryl methyl sites for hydroxylation is 1. The van der Waals surface area contributed by atoms with Gasteiger partial charge in [0.25, 0.3) is 0 Å². The summed E-state index contributed by atoms with van der Waals surface area (Å²) in [6.07, 6.45) is 1.63. The maximum atomic E-state index is 5.64. The summed E-state index contributed by atoms with van der Waals surface area (Å²) in [7, 11) is 3.71. The molecule has 0 aliphatic carbocycles. The third-order valence-corrected chi connectivity index (χ3v) is 3.04. The Morgan fingerprint density at radius 1 is 1.29 bits per heavy atom. The van der Waals surface area contributed by atoms with Crippen molar-refractivity contribution < 1.29 is 4.42 Å². The van der Waals surface area contributed by atoms with Crippen molar-refractivity contribution in [1.82, 2.24) is 15.0 Å². The van der Waals surface area contributed by atoms with Crippen molar-refractivity contribution in [2.24, 2.45) is 0 Å². The number of anilines is 2. The summed E-state index contributed by atoms with van der Waals surface area (Å²) in [6.45, 7) is 1.89. The number of hydrogen-bond acceptors (Lipinski definition) is 7. The predicted molar refractivity (Wildman–Crippen MR) is 66.1 cm³/mol. The van der Waals surface area contributed by atoms with E-state index < -0.39 is 0 Å². The molecule has 7 heteroatoms. The lowest BCUT2D eigenvalue weighted by Crippen LogP contribution is -2.15. The molecule has 0 fully saturated rings. The monoisotopic (exact) mass is 251 g/mol. The lowest BCUT2D eigenvalue weighted by molar-refractivity contribution is 0.527. The van der Waals surface area contributed by atoms with E-state index in [4.69, 9.17) is 10.2 Å². The average Bonchev–Trinajstić information content (AvgIpc) is 2.63. The molecule has 0 spiro atoms. The highest BCUT2D eigenvalue weighted by atomic mass is 32.2. The van der Waals surface area contributed by atoms with E-state index >= 15 is 0 Å². The van der Waals surface area contributed by atoms with E-state index in [1.54, 1.807) is 11.2 Å². The van der Waals surface area contributed by atoms with E-state index in [1.165, 1.54) is 11.8 Å². The molecular formula is C10H13N5OS. The fourth-order valence-electron chi connectivity index (χ4n) is 1.18. The van der Waals surface area contributed by atoms with Gasteiger partial charge in [-0.2, -0.15) is 15.0 Å². The fraction of sp³-hybridized carbons (Fsp3) is 0.300. The van der Waals surface area contributed by atoms with Gasteiger partial charge in [0, 0.05) is 14.1 Å². The molecule has 0 saturated carbocycles. The van der Waals surface area contributed by atoms with E-state index in [-0.39, 0.29) is 5.95 Å². The smallest absolute Gasteiger partial charge is 0.230 e. The molecule has 0 saturated heterocycles. The van der Waals surface area contributed by atoms with Crippen LogP contribution >= 0.6 is 11.8 Å². The molecule has 90 valence electrons. The minimum absolute atomic E-state index is 0.215. The van der Waals surface area contributed by atoms with Crippen LogP contribution in [0, 0.1) is 6.92 Å². The third kappa shape index (κ3) is 2.68. The number of hydrogen-bond donors (Lipinski definition) is 1. The van der Waals surface area contributed by atoms with Gasteiger partial charge in [-0.1, -0.05) is 0 Å². The summed E-state index contributed by atoms with van der Waals surface area (Å²) in [4.78, 5) is 15.2. The molecule has 0 aliphatic rings. The SMILES string of the molecule is Cc1occc1Sc1nc(N)nc(N(C)C)n1. The molecule has 0 amide bonds. The number of nitrogens with two attached hydrogens (primary N) is 1. The molecule has 2 rings (SSSR count). The topological polar surface area (TPSA) is 81.1 Å². The van der Waals surface area contributed by atoms with Crippen LogP contribution in [0.25, 0.3) is 0 Å². The first-order chi connectivity index (χ1) is 8.06. The standard InChI is InChI=1S/C10H13N5OS/c1-6-7(4-5-16-6)17-10-13-8(11)12-9(14-10)15(2)3/h4-5H,1-3H3,(H2,11,12,13,14).